The van der Waals surface area contributed by atoms with Crippen molar-refractivity contribution in [3.05, 3.63) is 29.5 Å². The topological polar surface area (TPSA) is 22.1 Å². The molecule has 0 atom stereocenters. The molecule has 0 N–H and O–H groups in total. The molecule has 0 unspecified atom stereocenters. The molecule has 2 aliphatic carbocycles. The predicted octanol–water partition coefficient (Wildman–Crippen LogP) is 4.50. The Hall–Kier alpha value is -0.830. The summed E-state index contributed by atoms with van der Waals surface area (Å²) < 4.78 is 6.53. The number of hydrogen-bond donors (Lipinski definition) is 0. The number of nitrogens with zero attached hydrogens (tertiary/aromatic N) is 1. The Labute approximate surface area is 117 Å². The van der Waals surface area contributed by atoms with Gasteiger partial charge in [0.2, 0.25) is 5.88 Å². The molecule has 0 radical (unpaired) electrons. The van der Waals surface area contributed by atoms with E-state index in [0.29, 0.717) is 5.92 Å². The minimum atomic E-state index is 0.677. The highest BCUT2D eigenvalue weighted by Crippen LogP contribution is 2.44. The summed E-state index contributed by atoms with van der Waals surface area (Å²) in [5, 5.41) is 0. The van der Waals surface area contributed by atoms with E-state index in [1.54, 1.807) is 7.11 Å². The lowest BCUT2D eigenvalue weighted by Gasteiger charge is -2.22. The fraction of sp³-hybridized carbons (Fsp3) is 0.533. The van der Waals surface area contributed by atoms with Gasteiger partial charge in [0.15, 0.2) is 0 Å². The van der Waals surface area contributed by atoms with Crippen LogP contribution in [0.4, 0.5) is 0 Å². The third-order valence-corrected chi connectivity index (χ3v) is 4.55. The molecule has 3 rings (SSSR count). The summed E-state index contributed by atoms with van der Waals surface area (Å²) in [6.07, 6.45) is 8.83. The maximum atomic E-state index is 5.42. The third kappa shape index (κ3) is 2.46. The van der Waals surface area contributed by atoms with Gasteiger partial charge in [0.05, 0.1) is 12.8 Å². The standard InChI is InChI=1S/C15H18BrNO/c1-18-15-12(11-5-6-11)7-8-14(17-15)13(16)9-10-3-2-4-10/h7-11H,2-6H2,1H3/b13-9-. The van der Waals surface area contributed by atoms with Crippen LogP contribution in [-0.2, 0) is 0 Å². The average Bonchev–Trinajstić information content (AvgIpc) is 3.17. The molecule has 2 nitrogen and oxygen atoms in total. The first-order valence-electron chi connectivity index (χ1n) is 6.70. The van der Waals surface area contributed by atoms with E-state index in [4.69, 9.17) is 4.74 Å². The van der Waals surface area contributed by atoms with Gasteiger partial charge in [-0.1, -0.05) is 18.6 Å². The molecule has 0 aromatic carbocycles. The van der Waals surface area contributed by atoms with Gasteiger partial charge in [-0.2, -0.15) is 0 Å². The molecule has 3 heteroatoms. The van der Waals surface area contributed by atoms with E-state index in [0.717, 1.165) is 22.0 Å². The smallest absolute Gasteiger partial charge is 0.217 e. The summed E-state index contributed by atoms with van der Waals surface area (Å²) in [6, 6.07) is 4.28. The Morgan fingerprint density at radius 1 is 1.33 bits per heavy atom. The lowest BCUT2D eigenvalue weighted by molar-refractivity contribution is 0.388. The van der Waals surface area contributed by atoms with Gasteiger partial charge >= 0.3 is 0 Å². The zero-order valence-electron chi connectivity index (χ0n) is 10.7. The monoisotopic (exact) mass is 307 g/mol. The summed E-state index contributed by atoms with van der Waals surface area (Å²) in [5.41, 5.74) is 2.26. The predicted molar refractivity (Wildman–Crippen MR) is 77.0 cm³/mol. The molecule has 0 aliphatic heterocycles. The molecule has 18 heavy (non-hydrogen) atoms. The zero-order chi connectivity index (χ0) is 12.5. The summed E-state index contributed by atoms with van der Waals surface area (Å²) in [5.74, 6) is 2.21. The number of ether oxygens (including phenoxy) is 1. The normalized spacial score (nSPS) is 20.7. The lowest BCUT2D eigenvalue weighted by atomic mass is 9.85. The van der Waals surface area contributed by atoms with Gasteiger partial charge in [0.25, 0.3) is 0 Å². The van der Waals surface area contributed by atoms with Gasteiger partial charge in [-0.05, 0) is 59.5 Å². The van der Waals surface area contributed by atoms with Crippen molar-refractivity contribution in [2.24, 2.45) is 5.92 Å². The van der Waals surface area contributed by atoms with Crippen LogP contribution >= 0.6 is 15.9 Å². The van der Waals surface area contributed by atoms with Gasteiger partial charge in [-0.15, -0.1) is 0 Å². The molecule has 2 saturated carbocycles. The Morgan fingerprint density at radius 3 is 2.67 bits per heavy atom. The highest BCUT2D eigenvalue weighted by molar-refractivity contribution is 9.15. The minimum Gasteiger partial charge on any atom is -0.481 e. The quantitative estimate of drug-likeness (QED) is 0.817. The molecule has 96 valence electrons. The summed E-state index contributed by atoms with van der Waals surface area (Å²) in [6.45, 7) is 0. The lowest BCUT2D eigenvalue weighted by Crippen LogP contribution is -2.07. The Morgan fingerprint density at radius 2 is 2.11 bits per heavy atom. The van der Waals surface area contributed by atoms with Crippen LogP contribution in [-0.4, -0.2) is 12.1 Å². The van der Waals surface area contributed by atoms with E-state index < -0.39 is 0 Å². The van der Waals surface area contributed by atoms with Crippen LogP contribution < -0.4 is 4.74 Å². The molecule has 0 amide bonds. The van der Waals surface area contributed by atoms with Crippen LogP contribution in [0.2, 0.25) is 0 Å². The van der Waals surface area contributed by atoms with Crippen LogP contribution in [0.25, 0.3) is 4.48 Å². The van der Waals surface area contributed by atoms with E-state index in [9.17, 15) is 0 Å². The number of allylic oxidation sites excluding steroid dienone is 1. The number of aromatic nitrogens is 1. The van der Waals surface area contributed by atoms with Crippen LogP contribution in [0.15, 0.2) is 18.2 Å². The first kappa shape index (κ1) is 12.2. The van der Waals surface area contributed by atoms with Crippen molar-refractivity contribution in [1.82, 2.24) is 4.98 Å². The average molecular weight is 308 g/mol. The fourth-order valence-electron chi connectivity index (χ4n) is 2.35. The Bertz CT molecular complexity index is 475. The highest BCUT2D eigenvalue weighted by atomic mass is 79.9. The van der Waals surface area contributed by atoms with Crippen LogP contribution in [0.5, 0.6) is 5.88 Å². The number of rotatable bonds is 4. The van der Waals surface area contributed by atoms with Crippen molar-refractivity contribution in [2.75, 3.05) is 7.11 Å². The number of hydrogen-bond acceptors (Lipinski definition) is 2. The molecule has 1 heterocycles. The summed E-state index contributed by atoms with van der Waals surface area (Å²) in [7, 11) is 1.71. The van der Waals surface area contributed by atoms with E-state index in [-0.39, 0.29) is 0 Å². The Kier molecular flexibility index (Phi) is 3.42. The van der Waals surface area contributed by atoms with Gasteiger partial charge in [0.1, 0.15) is 0 Å². The largest absolute Gasteiger partial charge is 0.481 e. The van der Waals surface area contributed by atoms with Crippen LogP contribution in [0.1, 0.15) is 49.3 Å². The number of methoxy groups -OCH3 is 1. The van der Waals surface area contributed by atoms with Crippen molar-refractivity contribution in [1.29, 1.82) is 0 Å². The van der Waals surface area contributed by atoms with E-state index in [1.807, 2.05) is 0 Å². The zero-order valence-corrected chi connectivity index (χ0v) is 12.2. The molecule has 1 aromatic rings. The molecule has 0 bridgehead atoms. The summed E-state index contributed by atoms with van der Waals surface area (Å²) in [4.78, 5) is 4.63. The molecule has 2 fully saturated rings. The first-order chi connectivity index (χ1) is 8.78. The second-order valence-electron chi connectivity index (χ2n) is 5.27. The van der Waals surface area contributed by atoms with Crippen molar-refractivity contribution in [2.45, 2.75) is 38.0 Å². The molecule has 0 spiro atoms. The van der Waals surface area contributed by atoms with Crippen molar-refractivity contribution in [3.63, 3.8) is 0 Å². The van der Waals surface area contributed by atoms with Gasteiger partial charge < -0.3 is 4.74 Å². The maximum absolute atomic E-state index is 5.42. The van der Waals surface area contributed by atoms with Gasteiger partial charge in [-0.3, -0.25) is 0 Å². The van der Waals surface area contributed by atoms with Crippen molar-refractivity contribution < 1.29 is 4.74 Å². The SMILES string of the molecule is COc1nc(/C(Br)=C/C2CCC2)ccc1C1CC1. The maximum Gasteiger partial charge on any atom is 0.217 e. The van der Waals surface area contributed by atoms with Crippen molar-refractivity contribution in [3.8, 4) is 5.88 Å². The minimum absolute atomic E-state index is 0.677. The Balaban J connectivity index is 1.85. The second kappa shape index (κ2) is 5.04. The third-order valence-electron chi connectivity index (χ3n) is 3.88. The summed E-state index contributed by atoms with van der Waals surface area (Å²) >= 11 is 3.64. The fourth-order valence-corrected chi connectivity index (χ4v) is 2.95. The molecule has 1 aromatic heterocycles. The van der Waals surface area contributed by atoms with E-state index >= 15 is 0 Å². The molecule has 2 aliphatic rings. The van der Waals surface area contributed by atoms with E-state index in [2.05, 4.69) is 39.1 Å². The second-order valence-corrected chi connectivity index (χ2v) is 6.13. The molecular weight excluding hydrogens is 290 g/mol. The van der Waals surface area contributed by atoms with Crippen LogP contribution in [0.3, 0.4) is 0 Å². The highest BCUT2D eigenvalue weighted by Gasteiger charge is 2.27. The molecular formula is C15H18BrNO. The van der Waals surface area contributed by atoms with E-state index in [1.165, 1.54) is 37.7 Å². The van der Waals surface area contributed by atoms with Gasteiger partial charge in [-0.25, -0.2) is 4.98 Å². The van der Waals surface area contributed by atoms with Crippen molar-refractivity contribution >= 4 is 20.4 Å². The van der Waals surface area contributed by atoms with Crippen LogP contribution in [0, 0.1) is 5.92 Å². The number of halogens is 1. The first-order valence-corrected chi connectivity index (χ1v) is 7.50. The van der Waals surface area contributed by atoms with Gasteiger partial charge in [0, 0.05) is 10.0 Å². The molecule has 0 saturated heterocycles. The number of pyridine rings is 1.